The number of benzene rings is 1. The first kappa shape index (κ1) is 16.5. The molecule has 0 aromatic heterocycles. The lowest BCUT2D eigenvalue weighted by Gasteiger charge is -2.19. The van der Waals surface area contributed by atoms with Gasteiger partial charge in [0.15, 0.2) is 9.84 Å². The Balaban J connectivity index is 2.55. The Morgan fingerprint density at radius 1 is 1.20 bits per heavy atom. The molecule has 0 radical (unpaired) electrons. The van der Waals surface area contributed by atoms with Crippen LogP contribution in [0.5, 0.6) is 5.75 Å². The van der Waals surface area contributed by atoms with Crippen LogP contribution in [0.15, 0.2) is 24.3 Å². The average molecular weight is 295 g/mol. The van der Waals surface area contributed by atoms with Crippen LogP contribution in [0.2, 0.25) is 0 Å². The summed E-state index contributed by atoms with van der Waals surface area (Å²) < 4.78 is 28.5. The second-order valence-electron chi connectivity index (χ2n) is 5.31. The molecule has 0 spiro atoms. The third kappa shape index (κ3) is 4.87. The number of hydrogen-bond donors (Lipinski definition) is 1. The molecule has 0 aliphatic heterocycles. The molecule has 0 amide bonds. The van der Waals surface area contributed by atoms with Gasteiger partial charge in [-0.3, -0.25) is 0 Å². The molecule has 0 saturated heterocycles. The first-order chi connectivity index (χ1) is 9.26. The number of rotatable bonds is 4. The molecule has 2 N–H and O–H groups in total. The summed E-state index contributed by atoms with van der Waals surface area (Å²) in [5.74, 6) is 6.30. The van der Waals surface area contributed by atoms with Crippen molar-refractivity contribution in [1.82, 2.24) is 0 Å². The van der Waals surface area contributed by atoms with E-state index in [0.717, 1.165) is 5.56 Å². The van der Waals surface area contributed by atoms with E-state index in [9.17, 15) is 8.42 Å². The molecule has 0 atom stereocenters. The van der Waals surface area contributed by atoms with Crippen LogP contribution in [-0.4, -0.2) is 32.1 Å². The van der Waals surface area contributed by atoms with Gasteiger partial charge in [0.25, 0.3) is 0 Å². The fourth-order valence-electron chi connectivity index (χ4n) is 1.36. The van der Waals surface area contributed by atoms with Crippen molar-refractivity contribution in [2.24, 2.45) is 5.73 Å². The van der Waals surface area contributed by atoms with Crippen LogP contribution in [0.25, 0.3) is 0 Å². The van der Waals surface area contributed by atoms with Gasteiger partial charge in [0.1, 0.15) is 12.4 Å². The van der Waals surface area contributed by atoms with Gasteiger partial charge in [-0.1, -0.05) is 11.8 Å². The molecule has 1 aromatic rings. The highest BCUT2D eigenvalue weighted by Crippen LogP contribution is 2.17. The SMILES string of the molecule is CC(C)(C)S(=O)(=O)CCOc1ccc(C#CCN)cc1. The summed E-state index contributed by atoms with van der Waals surface area (Å²) in [7, 11) is -3.15. The lowest BCUT2D eigenvalue weighted by Crippen LogP contribution is -2.32. The molecule has 4 nitrogen and oxygen atoms in total. The van der Waals surface area contributed by atoms with E-state index in [4.69, 9.17) is 10.5 Å². The maximum absolute atomic E-state index is 11.9. The Morgan fingerprint density at radius 3 is 2.30 bits per heavy atom. The third-order valence-electron chi connectivity index (χ3n) is 2.74. The smallest absolute Gasteiger partial charge is 0.158 e. The zero-order chi connectivity index (χ0) is 15.2. The van der Waals surface area contributed by atoms with E-state index in [1.807, 2.05) is 12.1 Å². The summed E-state index contributed by atoms with van der Waals surface area (Å²) in [6.07, 6.45) is 0. The number of sulfone groups is 1. The molecule has 0 aliphatic carbocycles. The van der Waals surface area contributed by atoms with Crippen LogP contribution in [-0.2, 0) is 9.84 Å². The maximum atomic E-state index is 11.9. The van der Waals surface area contributed by atoms with E-state index in [1.165, 1.54) is 0 Å². The predicted octanol–water partition coefficient (Wildman–Crippen LogP) is 1.59. The second-order valence-corrected chi connectivity index (χ2v) is 8.17. The van der Waals surface area contributed by atoms with Gasteiger partial charge in [-0.2, -0.15) is 0 Å². The minimum absolute atomic E-state index is 0.00519. The molecule has 1 rings (SSSR count). The summed E-state index contributed by atoms with van der Waals surface area (Å²) in [5.41, 5.74) is 6.14. The first-order valence-electron chi connectivity index (χ1n) is 6.40. The summed E-state index contributed by atoms with van der Waals surface area (Å²) in [6.45, 7) is 5.53. The van der Waals surface area contributed by atoms with E-state index < -0.39 is 14.6 Å². The van der Waals surface area contributed by atoms with Gasteiger partial charge >= 0.3 is 0 Å². The Bertz CT molecular complexity index is 587. The molecule has 5 heteroatoms. The lowest BCUT2D eigenvalue weighted by molar-refractivity contribution is 0.339. The number of ether oxygens (including phenoxy) is 1. The number of nitrogens with two attached hydrogens (primary N) is 1. The fourth-order valence-corrected chi connectivity index (χ4v) is 2.28. The van der Waals surface area contributed by atoms with Gasteiger partial charge in [0.2, 0.25) is 0 Å². The predicted molar refractivity (Wildman–Crippen MR) is 81.4 cm³/mol. The van der Waals surface area contributed by atoms with Crippen LogP contribution in [0.1, 0.15) is 26.3 Å². The van der Waals surface area contributed by atoms with Gasteiger partial charge in [0, 0.05) is 5.56 Å². The standard InChI is InChI=1S/C15H21NO3S/c1-15(2,3)20(17,18)12-11-19-14-8-6-13(7-9-14)5-4-10-16/h6-9H,10-12,16H2,1-3H3. The van der Waals surface area contributed by atoms with Crippen molar-refractivity contribution in [3.63, 3.8) is 0 Å². The normalized spacial score (nSPS) is 11.6. The molecule has 0 fully saturated rings. The zero-order valence-corrected chi connectivity index (χ0v) is 13.0. The largest absolute Gasteiger partial charge is 0.493 e. The molecule has 0 aliphatic rings. The van der Waals surface area contributed by atoms with Crippen molar-refractivity contribution in [1.29, 1.82) is 0 Å². The van der Waals surface area contributed by atoms with Crippen LogP contribution in [0.4, 0.5) is 0 Å². The minimum atomic E-state index is -3.15. The van der Waals surface area contributed by atoms with Crippen LogP contribution in [0, 0.1) is 11.8 Å². The Labute approximate surface area is 121 Å². The molecule has 0 bridgehead atoms. The van der Waals surface area contributed by atoms with Crippen molar-refractivity contribution in [3.8, 4) is 17.6 Å². The Kier molecular flexibility index (Phi) is 5.61. The monoisotopic (exact) mass is 295 g/mol. The molecular weight excluding hydrogens is 274 g/mol. The molecule has 0 unspecified atom stereocenters. The molecule has 1 aromatic carbocycles. The average Bonchev–Trinajstić information content (AvgIpc) is 2.36. The first-order valence-corrected chi connectivity index (χ1v) is 8.05. The summed E-state index contributed by atoms with van der Waals surface area (Å²) in [4.78, 5) is 0. The molecule has 20 heavy (non-hydrogen) atoms. The molecule has 0 heterocycles. The molecule has 0 saturated carbocycles. The van der Waals surface area contributed by atoms with E-state index in [2.05, 4.69) is 11.8 Å². The van der Waals surface area contributed by atoms with Gasteiger partial charge < -0.3 is 10.5 Å². The van der Waals surface area contributed by atoms with Crippen molar-refractivity contribution >= 4 is 9.84 Å². The van der Waals surface area contributed by atoms with Crippen LogP contribution < -0.4 is 10.5 Å². The zero-order valence-electron chi connectivity index (χ0n) is 12.1. The Hall–Kier alpha value is -1.51. The van der Waals surface area contributed by atoms with Crippen LogP contribution in [0.3, 0.4) is 0 Å². The fraction of sp³-hybridized carbons (Fsp3) is 0.467. The van der Waals surface area contributed by atoms with Crippen LogP contribution >= 0.6 is 0 Å². The quantitative estimate of drug-likeness (QED) is 0.856. The van der Waals surface area contributed by atoms with E-state index >= 15 is 0 Å². The van der Waals surface area contributed by atoms with Crippen molar-refractivity contribution in [2.45, 2.75) is 25.5 Å². The second kappa shape index (κ2) is 6.78. The topological polar surface area (TPSA) is 69.4 Å². The van der Waals surface area contributed by atoms with E-state index in [-0.39, 0.29) is 12.4 Å². The third-order valence-corrected chi connectivity index (χ3v) is 5.31. The van der Waals surface area contributed by atoms with Crippen molar-refractivity contribution < 1.29 is 13.2 Å². The van der Waals surface area contributed by atoms with Crippen molar-refractivity contribution in [3.05, 3.63) is 29.8 Å². The molecular formula is C15H21NO3S. The number of hydrogen-bond acceptors (Lipinski definition) is 4. The minimum Gasteiger partial charge on any atom is -0.493 e. The molecule has 110 valence electrons. The van der Waals surface area contributed by atoms with Crippen molar-refractivity contribution in [2.75, 3.05) is 18.9 Å². The highest BCUT2D eigenvalue weighted by molar-refractivity contribution is 7.92. The van der Waals surface area contributed by atoms with E-state index in [1.54, 1.807) is 32.9 Å². The lowest BCUT2D eigenvalue weighted by atomic mass is 10.2. The van der Waals surface area contributed by atoms with Gasteiger partial charge in [-0.25, -0.2) is 8.42 Å². The summed E-state index contributed by atoms with van der Waals surface area (Å²) in [6, 6.07) is 7.17. The highest BCUT2D eigenvalue weighted by atomic mass is 32.2. The van der Waals surface area contributed by atoms with Gasteiger partial charge in [-0.15, -0.1) is 0 Å². The Morgan fingerprint density at radius 2 is 1.80 bits per heavy atom. The van der Waals surface area contributed by atoms with E-state index in [0.29, 0.717) is 12.3 Å². The van der Waals surface area contributed by atoms with Gasteiger partial charge in [0.05, 0.1) is 17.0 Å². The maximum Gasteiger partial charge on any atom is 0.158 e. The summed E-state index contributed by atoms with van der Waals surface area (Å²) in [5, 5.41) is 0. The van der Waals surface area contributed by atoms with Gasteiger partial charge in [-0.05, 0) is 45.0 Å². The summed E-state index contributed by atoms with van der Waals surface area (Å²) >= 11 is 0. The highest BCUT2D eigenvalue weighted by Gasteiger charge is 2.28.